The van der Waals surface area contributed by atoms with Crippen molar-refractivity contribution in [2.45, 2.75) is 72.1 Å². The van der Waals surface area contributed by atoms with Gasteiger partial charge in [0.15, 0.2) is 6.61 Å². The Morgan fingerprint density at radius 2 is 1.61 bits per heavy atom. The molecule has 1 amide bonds. The minimum atomic E-state index is -0.0208. The Labute approximate surface area is 229 Å². The molecule has 3 aromatic rings. The highest BCUT2D eigenvalue weighted by molar-refractivity contribution is 5.89. The van der Waals surface area contributed by atoms with Crippen molar-refractivity contribution in [2.75, 3.05) is 32.1 Å². The first kappa shape index (κ1) is 29.4. The molecule has 38 heavy (non-hydrogen) atoms. The van der Waals surface area contributed by atoms with Crippen LogP contribution < -0.4 is 15.0 Å². The third-order valence-electron chi connectivity index (χ3n) is 7.34. The average Bonchev–Trinajstić information content (AvgIpc) is 2.90. The minimum Gasteiger partial charge on any atom is -0.484 e. The van der Waals surface area contributed by atoms with E-state index in [1.807, 2.05) is 62.3 Å². The first-order valence-electron chi connectivity index (χ1n) is 14.0. The van der Waals surface area contributed by atoms with Gasteiger partial charge in [-0.3, -0.25) is 4.79 Å². The maximum atomic E-state index is 12.0. The summed E-state index contributed by atoms with van der Waals surface area (Å²) in [7, 11) is 3.99. The monoisotopic (exact) mass is 518 g/mol. The Morgan fingerprint density at radius 3 is 2.21 bits per heavy atom. The average molecular weight is 519 g/mol. The maximum Gasteiger partial charge on any atom is 0.257 e. The number of aromatic nitrogens is 2. The van der Waals surface area contributed by atoms with E-state index in [-0.39, 0.29) is 17.9 Å². The van der Waals surface area contributed by atoms with Gasteiger partial charge in [0.2, 0.25) is 0 Å². The molecule has 0 spiro atoms. The fourth-order valence-electron chi connectivity index (χ4n) is 4.87. The summed E-state index contributed by atoms with van der Waals surface area (Å²) >= 11 is 0. The lowest BCUT2D eigenvalue weighted by atomic mass is 9.81. The molecule has 4 rings (SSSR count). The molecule has 0 saturated heterocycles. The molecule has 0 bridgehead atoms. The highest BCUT2D eigenvalue weighted by Gasteiger charge is 2.20. The molecule has 1 aromatic heterocycles. The van der Waals surface area contributed by atoms with E-state index in [0.29, 0.717) is 5.92 Å². The molecule has 1 N–H and O–H groups in total. The van der Waals surface area contributed by atoms with E-state index in [0.717, 1.165) is 40.8 Å². The summed E-state index contributed by atoms with van der Waals surface area (Å²) in [4.78, 5) is 22.8. The number of anilines is 1. The molecule has 0 atom stereocenters. The number of benzene rings is 2. The van der Waals surface area contributed by atoms with Crippen molar-refractivity contribution in [2.24, 2.45) is 11.8 Å². The van der Waals surface area contributed by atoms with E-state index in [1.165, 1.54) is 37.7 Å². The van der Waals surface area contributed by atoms with E-state index < -0.39 is 0 Å². The second kappa shape index (κ2) is 13.6. The molecule has 1 aliphatic rings. The molecule has 2 aromatic carbocycles. The van der Waals surface area contributed by atoms with Gasteiger partial charge in [-0.15, -0.1) is 0 Å². The van der Waals surface area contributed by atoms with Crippen LogP contribution in [0.5, 0.6) is 5.75 Å². The number of hydrogen-bond acceptors (Lipinski definition) is 5. The first-order valence-corrected chi connectivity index (χ1v) is 14.0. The number of ether oxygens (including phenoxy) is 1. The van der Waals surface area contributed by atoms with Crippen molar-refractivity contribution in [1.82, 2.24) is 15.3 Å². The summed E-state index contributed by atoms with van der Waals surface area (Å²) in [5, 5.41) is 4.13. The van der Waals surface area contributed by atoms with Gasteiger partial charge >= 0.3 is 0 Å². The Morgan fingerprint density at radius 1 is 0.974 bits per heavy atom. The zero-order chi connectivity index (χ0) is 27.7. The van der Waals surface area contributed by atoms with Crippen molar-refractivity contribution >= 4 is 22.6 Å². The number of fused-ring (bicyclic) bond motifs is 1. The van der Waals surface area contributed by atoms with E-state index in [4.69, 9.17) is 4.74 Å². The van der Waals surface area contributed by atoms with Gasteiger partial charge in [0.05, 0.1) is 5.52 Å². The molecule has 0 unspecified atom stereocenters. The fourth-order valence-corrected chi connectivity index (χ4v) is 4.87. The Balaban J connectivity index is 0.000000241. The van der Waals surface area contributed by atoms with Gasteiger partial charge < -0.3 is 15.0 Å². The zero-order valence-electron chi connectivity index (χ0n) is 24.4. The predicted octanol–water partition coefficient (Wildman–Crippen LogP) is 6.70. The smallest absolute Gasteiger partial charge is 0.257 e. The van der Waals surface area contributed by atoms with Crippen LogP contribution in [-0.4, -0.2) is 43.1 Å². The summed E-state index contributed by atoms with van der Waals surface area (Å²) in [6, 6.07) is 16.1. The molecular formula is C32H46N4O2. The van der Waals surface area contributed by atoms with Crippen LogP contribution in [0.2, 0.25) is 0 Å². The van der Waals surface area contributed by atoms with E-state index >= 15 is 0 Å². The predicted molar refractivity (Wildman–Crippen MR) is 158 cm³/mol. The minimum absolute atomic E-state index is 0.0208. The molecule has 206 valence electrons. The number of carbonyl (C=O) groups excluding carboxylic acids is 1. The molecule has 6 heteroatoms. The topological polar surface area (TPSA) is 67.3 Å². The standard InChI is InChI=1S/C21H33NO2.C11H13N3/c1-5-16-6-8-17(9-7-16)14-22-20(23)15-24-19-12-10-18(11-13-19)21(2,3)4;1-8-12-10-7-5-4-6-9(10)11(13-8)14(2)3/h10-13,16-17H,5-9,14-15H2,1-4H3,(H,22,23);4-7H,1-3H3. The number of rotatable bonds is 7. The van der Waals surface area contributed by atoms with Crippen LogP contribution in [0.25, 0.3) is 10.9 Å². The van der Waals surface area contributed by atoms with Gasteiger partial charge in [0.25, 0.3) is 5.91 Å². The normalized spacial score (nSPS) is 17.3. The molecule has 6 nitrogen and oxygen atoms in total. The van der Waals surface area contributed by atoms with Crippen LogP contribution in [-0.2, 0) is 10.2 Å². The maximum absolute atomic E-state index is 12.0. The lowest BCUT2D eigenvalue weighted by Crippen LogP contribution is -2.34. The number of carbonyl (C=O) groups is 1. The second-order valence-corrected chi connectivity index (χ2v) is 11.7. The summed E-state index contributed by atoms with van der Waals surface area (Å²) in [6.07, 6.45) is 6.41. The van der Waals surface area contributed by atoms with Crippen molar-refractivity contribution in [3.8, 4) is 5.75 Å². The number of nitrogens with one attached hydrogen (secondary N) is 1. The number of para-hydroxylation sites is 1. The third-order valence-corrected chi connectivity index (χ3v) is 7.34. The van der Waals surface area contributed by atoms with Crippen LogP contribution in [0.3, 0.4) is 0 Å². The fraction of sp³-hybridized carbons (Fsp3) is 0.531. The summed E-state index contributed by atoms with van der Waals surface area (Å²) in [5.74, 6) is 4.06. The van der Waals surface area contributed by atoms with Crippen LogP contribution in [0, 0.1) is 18.8 Å². The lowest BCUT2D eigenvalue weighted by Gasteiger charge is -2.27. The Bertz CT molecular complexity index is 1160. The molecule has 1 heterocycles. The molecular weight excluding hydrogens is 472 g/mol. The number of amides is 1. The molecule has 0 aliphatic heterocycles. The van der Waals surface area contributed by atoms with Gasteiger partial charge in [-0.05, 0) is 66.8 Å². The van der Waals surface area contributed by atoms with E-state index in [2.05, 4.69) is 55.1 Å². The summed E-state index contributed by atoms with van der Waals surface area (Å²) < 4.78 is 5.60. The van der Waals surface area contributed by atoms with Crippen molar-refractivity contribution in [1.29, 1.82) is 0 Å². The Hall–Kier alpha value is -3.15. The molecule has 1 saturated carbocycles. The quantitative estimate of drug-likeness (QED) is 0.377. The first-order chi connectivity index (χ1) is 18.1. The number of hydrogen-bond donors (Lipinski definition) is 1. The zero-order valence-corrected chi connectivity index (χ0v) is 24.4. The van der Waals surface area contributed by atoms with E-state index in [1.54, 1.807) is 0 Å². The second-order valence-electron chi connectivity index (χ2n) is 11.7. The van der Waals surface area contributed by atoms with Crippen molar-refractivity contribution in [3.05, 3.63) is 59.9 Å². The van der Waals surface area contributed by atoms with Gasteiger partial charge in [0.1, 0.15) is 17.4 Å². The molecule has 1 aliphatic carbocycles. The van der Waals surface area contributed by atoms with Gasteiger partial charge in [-0.1, -0.05) is 71.2 Å². The summed E-state index contributed by atoms with van der Waals surface area (Å²) in [5.41, 5.74) is 2.40. The third kappa shape index (κ3) is 8.71. The van der Waals surface area contributed by atoms with Gasteiger partial charge in [-0.25, -0.2) is 9.97 Å². The van der Waals surface area contributed by atoms with Crippen LogP contribution in [0.1, 0.15) is 71.2 Å². The van der Waals surface area contributed by atoms with E-state index in [9.17, 15) is 4.79 Å². The SMILES string of the molecule is CCC1CCC(CNC(=O)COc2ccc(C(C)(C)C)cc2)CC1.Cc1nc(N(C)C)c2ccccc2n1. The highest BCUT2D eigenvalue weighted by Crippen LogP contribution is 2.30. The van der Waals surface area contributed by atoms with Gasteiger partial charge in [0, 0.05) is 26.0 Å². The highest BCUT2D eigenvalue weighted by atomic mass is 16.5. The molecule has 0 radical (unpaired) electrons. The Kier molecular flexibility index (Phi) is 10.5. The largest absolute Gasteiger partial charge is 0.484 e. The van der Waals surface area contributed by atoms with Crippen molar-refractivity contribution < 1.29 is 9.53 Å². The van der Waals surface area contributed by atoms with Gasteiger partial charge in [-0.2, -0.15) is 0 Å². The van der Waals surface area contributed by atoms with Crippen LogP contribution in [0.4, 0.5) is 5.82 Å². The molecule has 1 fully saturated rings. The summed E-state index contributed by atoms with van der Waals surface area (Å²) in [6.45, 7) is 11.6. The number of nitrogens with zero attached hydrogens (tertiary/aromatic N) is 3. The van der Waals surface area contributed by atoms with Crippen molar-refractivity contribution in [3.63, 3.8) is 0 Å². The lowest BCUT2D eigenvalue weighted by molar-refractivity contribution is -0.123. The van der Waals surface area contributed by atoms with Crippen LogP contribution in [0.15, 0.2) is 48.5 Å². The van der Waals surface area contributed by atoms with Crippen LogP contribution >= 0.6 is 0 Å². The number of aryl methyl sites for hydroxylation is 1.